The smallest absolute Gasteiger partial charge is 0.460 e. The first-order valence-electron chi connectivity index (χ1n) is 7.27. The first-order valence-corrected chi connectivity index (χ1v) is 8.80. The molecule has 0 aliphatic carbocycles. The van der Waals surface area contributed by atoms with Gasteiger partial charge in [-0.05, 0) is 6.92 Å². The molecular weight excluding hydrogens is 295 g/mol. The van der Waals surface area contributed by atoms with E-state index in [1.807, 2.05) is 0 Å². The molecule has 0 aromatic rings. The van der Waals surface area contributed by atoms with E-state index in [-0.39, 0.29) is 18.8 Å². The first kappa shape index (κ1) is 22.6. The second-order valence-corrected chi connectivity index (χ2v) is 5.89. The lowest BCUT2D eigenvalue weighted by atomic mass is 10.1. The maximum atomic E-state index is 10.7. The Bertz CT molecular complexity index is 317. The molecule has 0 atom stereocenters. The molecule has 0 unspecified atom stereocenters. The molecule has 0 radical (unpaired) electrons. The zero-order chi connectivity index (χ0) is 16.7. The molecule has 21 heavy (non-hydrogen) atoms. The molecule has 0 saturated carbocycles. The molecule has 0 rings (SSSR count). The Balaban J connectivity index is 0. The zero-order valence-electron chi connectivity index (χ0n) is 13.3. The van der Waals surface area contributed by atoms with E-state index in [9.17, 15) is 9.36 Å². The van der Waals surface area contributed by atoms with Gasteiger partial charge in [-0.3, -0.25) is 4.52 Å². The number of hydrogen-bond acceptors (Lipinski definition) is 4. The molecule has 7 heteroatoms. The lowest BCUT2D eigenvalue weighted by Crippen LogP contribution is -2.10. The molecule has 2 N–H and O–H groups in total. The quantitative estimate of drug-likeness (QED) is 0.276. The topological polar surface area (TPSA) is 93.1 Å². The number of carbonyl (C=O) groups is 1. The van der Waals surface area contributed by atoms with Crippen LogP contribution in [0, 0.1) is 0 Å². The van der Waals surface area contributed by atoms with E-state index >= 15 is 0 Å². The average Bonchev–Trinajstić information content (AvgIpc) is 2.39. The average molecular weight is 324 g/mol. The van der Waals surface area contributed by atoms with Gasteiger partial charge in [-0.1, -0.05) is 59.0 Å². The van der Waals surface area contributed by atoms with Gasteiger partial charge >= 0.3 is 13.8 Å². The highest BCUT2D eigenvalue weighted by Crippen LogP contribution is 2.35. The van der Waals surface area contributed by atoms with Gasteiger partial charge in [-0.15, -0.1) is 0 Å². The van der Waals surface area contributed by atoms with Crippen molar-refractivity contribution in [3.8, 4) is 0 Å². The molecule has 0 bridgehead atoms. The molecule has 0 aromatic heterocycles. The molecule has 126 valence electrons. The number of phosphoric ester groups is 1. The number of ether oxygens (including phenoxy) is 1. The number of carbonyl (C=O) groups excluding carboxylic acids is 1. The Morgan fingerprint density at radius 3 is 1.86 bits per heavy atom. The van der Waals surface area contributed by atoms with Crippen LogP contribution in [0.3, 0.4) is 0 Å². The van der Waals surface area contributed by atoms with Crippen molar-refractivity contribution in [2.24, 2.45) is 0 Å². The number of hydrogen-bond donors (Lipinski definition) is 2. The SMILES string of the molecule is C=C(C)C(=O)OCCOP(=O)(O)O.CCCCCCCC. The summed E-state index contributed by atoms with van der Waals surface area (Å²) in [6.45, 7) is 8.73. The number of unbranched alkanes of at least 4 members (excludes halogenated alkanes) is 5. The summed E-state index contributed by atoms with van der Waals surface area (Å²) < 4.78 is 18.6. The third-order valence-corrected chi connectivity index (χ3v) is 2.90. The summed E-state index contributed by atoms with van der Waals surface area (Å²) in [7, 11) is -4.46. The summed E-state index contributed by atoms with van der Waals surface area (Å²) >= 11 is 0. The third kappa shape index (κ3) is 21.8. The number of phosphoric acid groups is 1. The summed E-state index contributed by atoms with van der Waals surface area (Å²) in [6, 6.07) is 0. The van der Waals surface area contributed by atoms with Gasteiger partial charge in [0.1, 0.15) is 6.61 Å². The van der Waals surface area contributed by atoms with Gasteiger partial charge in [0.2, 0.25) is 0 Å². The van der Waals surface area contributed by atoms with Gasteiger partial charge in [-0.25, -0.2) is 9.36 Å². The van der Waals surface area contributed by atoms with Crippen molar-refractivity contribution in [2.45, 2.75) is 59.3 Å². The van der Waals surface area contributed by atoms with Gasteiger partial charge in [0.15, 0.2) is 0 Å². The van der Waals surface area contributed by atoms with Crippen LogP contribution >= 0.6 is 7.82 Å². The maximum Gasteiger partial charge on any atom is 0.469 e. The Hall–Kier alpha value is -0.680. The predicted octanol–water partition coefficient (Wildman–Crippen LogP) is 3.58. The van der Waals surface area contributed by atoms with E-state index in [1.54, 1.807) is 0 Å². The Labute approximate surface area is 127 Å². The normalized spacial score (nSPS) is 10.5. The molecule has 0 heterocycles. The monoisotopic (exact) mass is 324 g/mol. The molecule has 0 aliphatic rings. The fourth-order valence-electron chi connectivity index (χ4n) is 1.27. The summed E-state index contributed by atoms with van der Waals surface area (Å²) in [5.74, 6) is -0.616. The van der Waals surface area contributed by atoms with Crippen LogP contribution in [0.25, 0.3) is 0 Å². The van der Waals surface area contributed by atoms with Crippen LogP contribution < -0.4 is 0 Å². The Morgan fingerprint density at radius 1 is 1.05 bits per heavy atom. The van der Waals surface area contributed by atoms with E-state index in [0.717, 1.165) is 0 Å². The number of esters is 1. The fourth-order valence-corrected chi connectivity index (χ4v) is 1.58. The van der Waals surface area contributed by atoms with E-state index in [1.165, 1.54) is 45.4 Å². The van der Waals surface area contributed by atoms with Crippen molar-refractivity contribution < 1.29 is 28.4 Å². The highest BCUT2D eigenvalue weighted by atomic mass is 31.2. The molecule has 0 aliphatic heterocycles. The second kappa shape index (κ2) is 14.3. The summed E-state index contributed by atoms with van der Waals surface area (Å²) in [5, 5.41) is 0. The van der Waals surface area contributed by atoms with E-state index in [0.29, 0.717) is 0 Å². The van der Waals surface area contributed by atoms with Crippen molar-refractivity contribution >= 4 is 13.8 Å². The van der Waals surface area contributed by atoms with Gasteiger partial charge in [0.05, 0.1) is 6.61 Å². The van der Waals surface area contributed by atoms with Gasteiger partial charge in [-0.2, -0.15) is 0 Å². The minimum Gasteiger partial charge on any atom is -0.460 e. The van der Waals surface area contributed by atoms with Gasteiger partial charge in [0, 0.05) is 5.57 Å². The van der Waals surface area contributed by atoms with E-state index in [4.69, 9.17) is 9.79 Å². The van der Waals surface area contributed by atoms with Crippen LogP contribution in [0.5, 0.6) is 0 Å². The van der Waals surface area contributed by atoms with Crippen LogP contribution in [0.2, 0.25) is 0 Å². The number of rotatable bonds is 10. The Morgan fingerprint density at radius 2 is 1.52 bits per heavy atom. The molecule has 0 spiro atoms. The minimum atomic E-state index is -4.46. The first-order chi connectivity index (χ1) is 9.74. The third-order valence-electron chi connectivity index (χ3n) is 2.38. The summed E-state index contributed by atoms with van der Waals surface area (Å²) in [4.78, 5) is 27.1. The van der Waals surface area contributed by atoms with Crippen molar-refractivity contribution in [2.75, 3.05) is 13.2 Å². The van der Waals surface area contributed by atoms with Crippen LogP contribution in [0.4, 0.5) is 0 Å². The Kier molecular flexibility index (Phi) is 15.4. The standard InChI is InChI=1S/C8H18.C6H11O6P/c1-3-5-7-8-6-4-2;1-5(2)6(7)11-3-4-12-13(8,9)10/h3-8H2,1-2H3;1,3-4H2,2H3,(H2,8,9,10). The van der Waals surface area contributed by atoms with Crippen LogP contribution in [-0.4, -0.2) is 29.0 Å². The van der Waals surface area contributed by atoms with E-state index < -0.39 is 13.8 Å². The van der Waals surface area contributed by atoms with E-state index in [2.05, 4.69) is 29.7 Å². The van der Waals surface area contributed by atoms with Gasteiger partial charge < -0.3 is 14.5 Å². The van der Waals surface area contributed by atoms with Crippen molar-refractivity contribution in [1.82, 2.24) is 0 Å². The van der Waals surface area contributed by atoms with Gasteiger partial charge in [0.25, 0.3) is 0 Å². The van der Waals surface area contributed by atoms with Crippen LogP contribution in [0.15, 0.2) is 12.2 Å². The molecule has 6 nitrogen and oxygen atoms in total. The summed E-state index contributed by atoms with van der Waals surface area (Å²) in [6.07, 6.45) is 8.49. The highest BCUT2D eigenvalue weighted by Gasteiger charge is 2.13. The molecule has 0 fully saturated rings. The summed E-state index contributed by atoms with van der Waals surface area (Å²) in [5.41, 5.74) is 0.219. The molecular formula is C14H29O6P. The maximum absolute atomic E-state index is 10.7. The largest absolute Gasteiger partial charge is 0.469 e. The second-order valence-electron chi connectivity index (χ2n) is 4.65. The van der Waals surface area contributed by atoms with Crippen molar-refractivity contribution in [3.63, 3.8) is 0 Å². The molecule has 0 saturated heterocycles. The van der Waals surface area contributed by atoms with Crippen LogP contribution in [-0.2, 0) is 18.6 Å². The molecule has 0 aromatic carbocycles. The van der Waals surface area contributed by atoms with Crippen molar-refractivity contribution in [1.29, 1.82) is 0 Å². The lowest BCUT2D eigenvalue weighted by Gasteiger charge is -2.05. The minimum absolute atomic E-state index is 0.212. The van der Waals surface area contributed by atoms with Crippen LogP contribution in [0.1, 0.15) is 59.3 Å². The predicted molar refractivity (Wildman–Crippen MR) is 82.8 cm³/mol. The zero-order valence-corrected chi connectivity index (χ0v) is 14.2. The molecule has 0 amide bonds. The lowest BCUT2D eigenvalue weighted by molar-refractivity contribution is -0.139. The highest BCUT2D eigenvalue weighted by molar-refractivity contribution is 7.46. The fraction of sp³-hybridized carbons (Fsp3) is 0.786. The van der Waals surface area contributed by atoms with Crippen molar-refractivity contribution in [3.05, 3.63) is 12.2 Å².